The number of carbonyl (C=O) groups is 2. The lowest BCUT2D eigenvalue weighted by molar-refractivity contribution is -0.129. The molecule has 1 heterocycles. The molecule has 1 saturated heterocycles. The number of hydrogen-bond acceptors (Lipinski definition) is 2. The molecular weight excluding hydrogens is 321 g/mol. The number of likely N-dealkylation sites (tertiary alicyclic amines) is 1. The maximum Gasteiger partial charge on any atom is 0.315 e. The predicted molar refractivity (Wildman–Crippen MR) is 95.5 cm³/mol. The third-order valence-electron chi connectivity index (χ3n) is 4.50. The maximum atomic E-state index is 13.6. The standard InChI is InChI=1S/C19H28FN3O2/c1-5-16(24)23-10-9-15(12-23)21-18(25)22-17(19(2,3)4)13-7-6-8-14(20)11-13/h6-8,11,15,17H,5,9-10,12H2,1-4H3,(H2,21,22,25). The van der Waals surface area contributed by atoms with E-state index >= 15 is 0 Å². The van der Waals surface area contributed by atoms with Crippen LogP contribution in [-0.2, 0) is 4.79 Å². The van der Waals surface area contributed by atoms with Crippen molar-refractivity contribution in [2.45, 2.75) is 52.6 Å². The Morgan fingerprint density at radius 2 is 2.08 bits per heavy atom. The van der Waals surface area contributed by atoms with Crippen molar-refractivity contribution in [2.24, 2.45) is 5.41 Å². The lowest BCUT2D eigenvalue weighted by Crippen LogP contribution is -2.47. The first-order chi connectivity index (χ1) is 11.7. The van der Waals surface area contributed by atoms with Crippen molar-refractivity contribution in [3.05, 3.63) is 35.6 Å². The first-order valence-corrected chi connectivity index (χ1v) is 8.81. The van der Waals surface area contributed by atoms with Gasteiger partial charge in [-0.15, -0.1) is 0 Å². The molecule has 1 aliphatic rings. The highest BCUT2D eigenvalue weighted by molar-refractivity contribution is 5.77. The highest BCUT2D eigenvalue weighted by Gasteiger charge is 2.30. The first-order valence-electron chi connectivity index (χ1n) is 8.81. The number of urea groups is 1. The minimum Gasteiger partial charge on any atom is -0.341 e. The van der Waals surface area contributed by atoms with Crippen LogP contribution in [0, 0.1) is 11.2 Å². The third kappa shape index (κ3) is 5.18. The highest BCUT2D eigenvalue weighted by atomic mass is 19.1. The van der Waals surface area contributed by atoms with Crippen molar-refractivity contribution >= 4 is 11.9 Å². The van der Waals surface area contributed by atoms with Crippen molar-refractivity contribution in [2.75, 3.05) is 13.1 Å². The largest absolute Gasteiger partial charge is 0.341 e. The molecule has 3 amide bonds. The topological polar surface area (TPSA) is 61.4 Å². The number of nitrogens with one attached hydrogen (secondary N) is 2. The molecule has 0 aromatic heterocycles. The van der Waals surface area contributed by atoms with E-state index in [-0.39, 0.29) is 35.3 Å². The number of rotatable bonds is 4. The summed E-state index contributed by atoms with van der Waals surface area (Å²) in [5.41, 5.74) is 0.460. The van der Waals surface area contributed by atoms with Crippen LogP contribution in [-0.4, -0.2) is 36.0 Å². The molecule has 5 nitrogen and oxygen atoms in total. The Hall–Kier alpha value is -2.11. The van der Waals surface area contributed by atoms with Gasteiger partial charge in [0.15, 0.2) is 0 Å². The van der Waals surface area contributed by atoms with Gasteiger partial charge in [0.05, 0.1) is 6.04 Å². The molecule has 2 atom stereocenters. The summed E-state index contributed by atoms with van der Waals surface area (Å²) in [6.07, 6.45) is 1.23. The Labute approximate surface area is 149 Å². The number of hydrogen-bond donors (Lipinski definition) is 2. The predicted octanol–water partition coefficient (Wildman–Crippen LogP) is 3.22. The van der Waals surface area contributed by atoms with E-state index < -0.39 is 0 Å². The van der Waals surface area contributed by atoms with Crippen LogP contribution >= 0.6 is 0 Å². The van der Waals surface area contributed by atoms with Gasteiger partial charge in [0.2, 0.25) is 5.91 Å². The molecule has 0 spiro atoms. The van der Waals surface area contributed by atoms with Crippen LogP contribution in [0.4, 0.5) is 9.18 Å². The third-order valence-corrected chi connectivity index (χ3v) is 4.50. The second-order valence-electron chi connectivity index (χ2n) is 7.65. The number of amides is 3. The van der Waals surface area contributed by atoms with Crippen molar-refractivity contribution in [3.63, 3.8) is 0 Å². The fourth-order valence-corrected chi connectivity index (χ4v) is 3.17. The summed E-state index contributed by atoms with van der Waals surface area (Å²) in [6.45, 7) is 9.05. The Morgan fingerprint density at radius 3 is 2.68 bits per heavy atom. The van der Waals surface area contributed by atoms with Crippen molar-refractivity contribution in [1.29, 1.82) is 0 Å². The number of nitrogens with zero attached hydrogens (tertiary/aromatic N) is 1. The van der Waals surface area contributed by atoms with Gasteiger partial charge in [-0.25, -0.2) is 9.18 Å². The van der Waals surface area contributed by atoms with Crippen LogP contribution in [0.3, 0.4) is 0 Å². The van der Waals surface area contributed by atoms with Crippen LogP contribution < -0.4 is 10.6 Å². The summed E-state index contributed by atoms with van der Waals surface area (Å²) in [4.78, 5) is 26.0. The quantitative estimate of drug-likeness (QED) is 0.877. The van der Waals surface area contributed by atoms with Crippen molar-refractivity contribution < 1.29 is 14.0 Å². The zero-order chi connectivity index (χ0) is 18.6. The van der Waals surface area contributed by atoms with E-state index in [4.69, 9.17) is 0 Å². The van der Waals surface area contributed by atoms with Crippen LogP contribution in [0.1, 0.15) is 52.1 Å². The van der Waals surface area contributed by atoms with Crippen LogP contribution in [0.5, 0.6) is 0 Å². The molecule has 6 heteroatoms. The van der Waals surface area contributed by atoms with Crippen LogP contribution in [0.2, 0.25) is 0 Å². The molecule has 138 valence electrons. The molecule has 2 unspecified atom stereocenters. The second-order valence-corrected chi connectivity index (χ2v) is 7.65. The Morgan fingerprint density at radius 1 is 1.36 bits per heavy atom. The van der Waals surface area contributed by atoms with Gasteiger partial charge in [0.1, 0.15) is 5.82 Å². The SMILES string of the molecule is CCC(=O)N1CCC(NC(=O)NC(c2cccc(F)c2)C(C)(C)C)C1. The summed E-state index contributed by atoms with van der Waals surface area (Å²) < 4.78 is 13.6. The molecule has 0 aliphatic carbocycles. The summed E-state index contributed by atoms with van der Waals surface area (Å²) in [5, 5.41) is 5.90. The normalized spacial score (nSPS) is 18.8. The van der Waals surface area contributed by atoms with Gasteiger partial charge < -0.3 is 15.5 Å². The molecule has 25 heavy (non-hydrogen) atoms. The molecule has 1 aromatic rings. The monoisotopic (exact) mass is 349 g/mol. The maximum absolute atomic E-state index is 13.6. The Bertz CT molecular complexity index is 627. The zero-order valence-corrected chi connectivity index (χ0v) is 15.4. The van der Waals surface area contributed by atoms with Gasteiger partial charge in [-0.05, 0) is 29.5 Å². The Balaban J connectivity index is 2.00. The average molecular weight is 349 g/mol. The van der Waals surface area contributed by atoms with Gasteiger partial charge in [-0.3, -0.25) is 4.79 Å². The zero-order valence-electron chi connectivity index (χ0n) is 15.4. The average Bonchev–Trinajstić information content (AvgIpc) is 2.99. The molecule has 2 rings (SSSR count). The van der Waals surface area contributed by atoms with Crippen LogP contribution in [0.25, 0.3) is 0 Å². The van der Waals surface area contributed by atoms with E-state index in [1.807, 2.05) is 33.8 Å². The fraction of sp³-hybridized carbons (Fsp3) is 0.579. The van der Waals surface area contributed by atoms with Gasteiger partial charge in [0.25, 0.3) is 0 Å². The summed E-state index contributed by atoms with van der Waals surface area (Å²) >= 11 is 0. The highest BCUT2D eigenvalue weighted by Crippen LogP contribution is 2.32. The summed E-state index contributed by atoms with van der Waals surface area (Å²) in [5.74, 6) is -0.212. The van der Waals surface area contributed by atoms with Crippen molar-refractivity contribution in [3.8, 4) is 0 Å². The van der Waals surface area contributed by atoms with Gasteiger partial charge in [0, 0.05) is 25.6 Å². The summed E-state index contributed by atoms with van der Waals surface area (Å²) in [7, 11) is 0. The molecular formula is C19H28FN3O2. The molecule has 0 saturated carbocycles. The van der Waals surface area contributed by atoms with E-state index in [9.17, 15) is 14.0 Å². The van der Waals surface area contributed by atoms with Gasteiger partial charge in [-0.2, -0.15) is 0 Å². The van der Waals surface area contributed by atoms with Crippen LogP contribution in [0.15, 0.2) is 24.3 Å². The van der Waals surface area contributed by atoms with Crippen molar-refractivity contribution in [1.82, 2.24) is 15.5 Å². The smallest absolute Gasteiger partial charge is 0.315 e. The second kappa shape index (κ2) is 7.85. The number of carbonyl (C=O) groups excluding carboxylic acids is 2. The lowest BCUT2D eigenvalue weighted by Gasteiger charge is -2.32. The van der Waals surface area contributed by atoms with E-state index in [1.54, 1.807) is 11.0 Å². The molecule has 1 aliphatic heterocycles. The Kier molecular flexibility index (Phi) is 6.03. The fourth-order valence-electron chi connectivity index (χ4n) is 3.17. The minimum absolute atomic E-state index is 0.0522. The van der Waals surface area contributed by atoms with Gasteiger partial charge >= 0.3 is 6.03 Å². The molecule has 0 bridgehead atoms. The molecule has 1 aromatic carbocycles. The van der Waals surface area contributed by atoms with E-state index in [0.29, 0.717) is 19.5 Å². The molecule has 0 radical (unpaired) electrons. The van der Waals surface area contributed by atoms with E-state index in [0.717, 1.165) is 12.0 Å². The first kappa shape index (κ1) is 19.2. The van der Waals surface area contributed by atoms with Gasteiger partial charge in [-0.1, -0.05) is 39.8 Å². The molecule has 1 fully saturated rings. The summed E-state index contributed by atoms with van der Waals surface area (Å²) in [6, 6.07) is 5.64. The molecule has 2 N–H and O–H groups in total. The van der Waals surface area contributed by atoms with E-state index in [1.165, 1.54) is 12.1 Å². The van der Waals surface area contributed by atoms with E-state index in [2.05, 4.69) is 10.6 Å². The lowest BCUT2D eigenvalue weighted by atomic mass is 9.82. The number of halogens is 1. The number of benzene rings is 1. The minimum atomic E-state index is -0.321.